The minimum absolute atomic E-state index is 1.96. The van der Waals surface area contributed by atoms with Gasteiger partial charge in [-0.25, -0.2) is 4.57 Å². The summed E-state index contributed by atoms with van der Waals surface area (Å²) in [6.07, 6.45) is 9.08. The van der Waals surface area contributed by atoms with E-state index in [0.717, 1.165) is 0 Å². The number of hydrogen-bond donors (Lipinski definition) is 3. The van der Waals surface area contributed by atoms with Crippen molar-refractivity contribution in [2.45, 2.75) is 0 Å². The third kappa shape index (κ3) is 3740. The fraction of sp³-hybridized carbons (Fsp3) is 0. The van der Waals surface area contributed by atoms with Crippen molar-refractivity contribution in [3.8, 4) is 24.7 Å². The predicted molar refractivity (Wildman–Crippen MR) is 31.9 cm³/mol. The van der Waals surface area contributed by atoms with Crippen molar-refractivity contribution in [2.24, 2.45) is 0 Å². The summed E-state index contributed by atoms with van der Waals surface area (Å²) in [6.45, 7) is 0. The lowest BCUT2D eigenvalue weighted by molar-refractivity contribution is 0.275. The second-order valence-electron chi connectivity index (χ2n) is 0.802. The summed E-state index contributed by atoms with van der Waals surface area (Å²) in [5, 5.41) is 0. The molecule has 0 spiro atoms. The third-order valence-corrected chi connectivity index (χ3v) is 0.0833. The number of phosphoric acid groups is 1. The highest BCUT2D eigenvalue weighted by molar-refractivity contribution is 7.45. The van der Waals surface area contributed by atoms with E-state index in [9.17, 15) is 0 Å². The Bertz CT molecular complexity index is 157. The maximum absolute atomic E-state index is 8.88. The Labute approximate surface area is 52.8 Å². The maximum atomic E-state index is 8.88. The molecule has 0 bridgehead atoms. The van der Waals surface area contributed by atoms with E-state index in [0.29, 0.717) is 0 Å². The molecule has 3 N–H and O–H groups in total. The van der Waals surface area contributed by atoms with Crippen LogP contribution in [-0.2, 0) is 4.57 Å². The average molecular weight is 148 g/mol. The van der Waals surface area contributed by atoms with Crippen LogP contribution in [0.4, 0.5) is 0 Å². The Balaban J connectivity index is 0. The second kappa shape index (κ2) is 5.37. The van der Waals surface area contributed by atoms with Crippen LogP contribution in [0.1, 0.15) is 0 Å². The Hall–Kier alpha value is -0.770. The van der Waals surface area contributed by atoms with Crippen molar-refractivity contribution in [1.82, 2.24) is 0 Å². The minimum Gasteiger partial charge on any atom is -0.303 e. The lowest BCUT2D eigenvalue weighted by Gasteiger charge is -1.82. The molecule has 0 radical (unpaired) electrons. The van der Waals surface area contributed by atoms with E-state index in [1.165, 1.54) is 0 Å². The van der Waals surface area contributed by atoms with E-state index in [2.05, 4.69) is 12.8 Å². The standard InChI is InChI=1S/C4H2.H3O4P/c1-3-4-2;1-5(2,3)4/h1-2H;(H3,1,2,3,4). The van der Waals surface area contributed by atoms with E-state index < -0.39 is 7.82 Å². The van der Waals surface area contributed by atoms with E-state index in [-0.39, 0.29) is 0 Å². The van der Waals surface area contributed by atoms with Crippen molar-refractivity contribution < 1.29 is 19.2 Å². The van der Waals surface area contributed by atoms with Crippen molar-refractivity contribution >= 4 is 7.82 Å². The molecule has 0 aromatic heterocycles. The zero-order valence-electron chi connectivity index (χ0n) is 4.35. The number of rotatable bonds is 0. The molecule has 0 aliphatic carbocycles. The summed E-state index contributed by atoms with van der Waals surface area (Å²) < 4.78 is 8.88. The van der Waals surface area contributed by atoms with Gasteiger partial charge in [0.2, 0.25) is 0 Å². The predicted octanol–water partition coefficient (Wildman–Crippen LogP) is -0.676. The van der Waals surface area contributed by atoms with Gasteiger partial charge in [0.15, 0.2) is 0 Å². The van der Waals surface area contributed by atoms with Crippen LogP contribution in [0.3, 0.4) is 0 Å². The van der Waals surface area contributed by atoms with Crippen LogP contribution in [0.2, 0.25) is 0 Å². The summed E-state index contributed by atoms with van der Waals surface area (Å²) in [5.41, 5.74) is 0. The van der Waals surface area contributed by atoms with Gasteiger partial charge in [-0.3, -0.25) is 0 Å². The van der Waals surface area contributed by atoms with E-state index in [1.807, 2.05) is 11.8 Å². The maximum Gasteiger partial charge on any atom is 0.466 e. The molecule has 0 aliphatic rings. The monoisotopic (exact) mass is 148 g/mol. The second-order valence-corrected chi connectivity index (χ2v) is 1.83. The highest BCUT2D eigenvalue weighted by atomic mass is 31.2. The molecule has 4 nitrogen and oxygen atoms in total. The molecule has 0 fully saturated rings. The first-order valence-electron chi connectivity index (χ1n) is 1.61. The van der Waals surface area contributed by atoms with Crippen molar-refractivity contribution in [3.05, 3.63) is 0 Å². The molecule has 0 aromatic rings. The lowest BCUT2D eigenvalue weighted by Crippen LogP contribution is -1.66. The SMILES string of the molecule is C#CC#C.O=P(O)(O)O. The number of hydrogen-bond acceptors (Lipinski definition) is 1. The van der Waals surface area contributed by atoms with Gasteiger partial charge in [0.1, 0.15) is 0 Å². The average Bonchev–Trinajstić information content (AvgIpc) is 1.61. The highest BCUT2D eigenvalue weighted by Crippen LogP contribution is 2.25. The normalized spacial score (nSPS) is 7.67. The summed E-state index contributed by atoms with van der Waals surface area (Å²) in [5.74, 6) is 3.92. The van der Waals surface area contributed by atoms with Crippen LogP contribution in [0.5, 0.6) is 0 Å². The molecule has 0 saturated carbocycles. The molecule has 0 amide bonds. The Morgan fingerprint density at radius 2 is 1.22 bits per heavy atom. The first-order valence-corrected chi connectivity index (χ1v) is 3.18. The fourth-order valence-corrected chi connectivity index (χ4v) is 0. The van der Waals surface area contributed by atoms with Crippen LogP contribution in [0.25, 0.3) is 0 Å². The minimum atomic E-state index is -4.64. The van der Waals surface area contributed by atoms with Gasteiger partial charge in [-0.2, -0.15) is 0 Å². The highest BCUT2D eigenvalue weighted by Gasteiger charge is 2.00. The van der Waals surface area contributed by atoms with Gasteiger partial charge in [-0.15, -0.1) is 12.8 Å². The molecule has 50 valence electrons. The van der Waals surface area contributed by atoms with Gasteiger partial charge in [-0.05, 0) is 11.8 Å². The van der Waals surface area contributed by atoms with Crippen LogP contribution < -0.4 is 0 Å². The Kier molecular flexibility index (Phi) is 6.61. The van der Waals surface area contributed by atoms with Gasteiger partial charge < -0.3 is 14.7 Å². The molecule has 5 heteroatoms. The molecule has 0 aliphatic heterocycles. The quantitative estimate of drug-likeness (QED) is 0.314. The van der Waals surface area contributed by atoms with Gasteiger partial charge in [-0.1, -0.05) is 0 Å². The molecule has 0 aromatic carbocycles. The molecular weight excluding hydrogens is 143 g/mol. The van der Waals surface area contributed by atoms with Gasteiger partial charge >= 0.3 is 7.82 Å². The molecule has 9 heavy (non-hydrogen) atoms. The Morgan fingerprint density at radius 1 is 1.11 bits per heavy atom. The van der Waals surface area contributed by atoms with E-state index in [4.69, 9.17) is 19.2 Å². The fourth-order valence-electron chi connectivity index (χ4n) is 0. The molecule has 0 saturated heterocycles. The van der Waals surface area contributed by atoms with Crippen LogP contribution in [-0.4, -0.2) is 14.7 Å². The first kappa shape index (κ1) is 11.1. The van der Waals surface area contributed by atoms with Crippen molar-refractivity contribution in [1.29, 1.82) is 0 Å². The van der Waals surface area contributed by atoms with Crippen LogP contribution in [0.15, 0.2) is 0 Å². The molecule has 0 heterocycles. The smallest absolute Gasteiger partial charge is 0.303 e. The molecule has 0 atom stereocenters. The topological polar surface area (TPSA) is 77.8 Å². The van der Waals surface area contributed by atoms with Crippen LogP contribution in [0, 0.1) is 24.7 Å². The summed E-state index contributed by atoms with van der Waals surface area (Å²) in [7, 11) is -4.64. The van der Waals surface area contributed by atoms with Gasteiger partial charge in [0.25, 0.3) is 0 Å². The third-order valence-electron chi connectivity index (χ3n) is 0.0833. The Morgan fingerprint density at radius 3 is 1.22 bits per heavy atom. The molecule has 0 rings (SSSR count). The zero-order chi connectivity index (χ0) is 7.91. The van der Waals surface area contributed by atoms with Crippen molar-refractivity contribution in [3.63, 3.8) is 0 Å². The first-order chi connectivity index (χ1) is 3.91. The molecular formula is C4H5O4P. The van der Waals surface area contributed by atoms with E-state index in [1.54, 1.807) is 0 Å². The van der Waals surface area contributed by atoms with Crippen molar-refractivity contribution in [2.75, 3.05) is 0 Å². The summed E-state index contributed by atoms with van der Waals surface area (Å²) in [6, 6.07) is 0. The zero-order valence-corrected chi connectivity index (χ0v) is 5.25. The van der Waals surface area contributed by atoms with Gasteiger partial charge in [0, 0.05) is 0 Å². The largest absolute Gasteiger partial charge is 0.466 e. The summed E-state index contributed by atoms with van der Waals surface area (Å²) >= 11 is 0. The number of terminal acetylenes is 2. The summed E-state index contributed by atoms with van der Waals surface area (Å²) in [4.78, 5) is 21.6. The lowest BCUT2D eigenvalue weighted by atomic mass is 10.7. The van der Waals surface area contributed by atoms with Crippen LogP contribution >= 0.6 is 7.82 Å². The van der Waals surface area contributed by atoms with Gasteiger partial charge in [0.05, 0.1) is 0 Å². The molecule has 0 unspecified atom stereocenters. The van der Waals surface area contributed by atoms with E-state index >= 15 is 0 Å².